The SMILES string of the molecule is CCCCC(CCCC)C(C)c1ccnn1C. The lowest BCUT2D eigenvalue weighted by atomic mass is 9.83. The van der Waals surface area contributed by atoms with E-state index in [4.69, 9.17) is 0 Å². The summed E-state index contributed by atoms with van der Waals surface area (Å²) in [5.41, 5.74) is 1.39. The van der Waals surface area contributed by atoms with E-state index in [1.165, 1.54) is 44.2 Å². The zero-order valence-electron chi connectivity index (χ0n) is 11.9. The molecule has 0 aliphatic rings. The minimum Gasteiger partial charge on any atom is -0.272 e. The lowest BCUT2D eigenvalue weighted by Gasteiger charge is -2.24. The molecule has 0 spiro atoms. The van der Waals surface area contributed by atoms with E-state index in [2.05, 4.69) is 39.0 Å². The van der Waals surface area contributed by atoms with Crippen molar-refractivity contribution in [2.75, 3.05) is 0 Å². The summed E-state index contributed by atoms with van der Waals surface area (Å²) < 4.78 is 2.04. The van der Waals surface area contributed by atoms with E-state index in [0.717, 1.165) is 5.92 Å². The second-order valence-corrected chi connectivity index (χ2v) is 5.21. The molecule has 0 aliphatic heterocycles. The number of unbranched alkanes of at least 4 members (excludes halogenated alkanes) is 2. The van der Waals surface area contributed by atoms with Gasteiger partial charge in [0.05, 0.1) is 0 Å². The fraction of sp³-hybridized carbons (Fsp3) is 0.800. The van der Waals surface area contributed by atoms with Crippen molar-refractivity contribution < 1.29 is 0 Å². The monoisotopic (exact) mass is 236 g/mol. The van der Waals surface area contributed by atoms with Crippen molar-refractivity contribution in [2.24, 2.45) is 13.0 Å². The fourth-order valence-electron chi connectivity index (χ4n) is 2.65. The number of rotatable bonds is 8. The largest absolute Gasteiger partial charge is 0.272 e. The van der Waals surface area contributed by atoms with E-state index in [-0.39, 0.29) is 0 Å². The van der Waals surface area contributed by atoms with E-state index in [1.54, 1.807) is 0 Å². The van der Waals surface area contributed by atoms with Gasteiger partial charge in [-0.25, -0.2) is 0 Å². The van der Waals surface area contributed by atoms with Crippen LogP contribution in [0.2, 0.25) is 0 Å². The van der Waals surface area contributed by atoms with E-state index < -0.39 is 0 Å². The Kier molecular flexibility index (Phi) is 6.31. The predicted octanol–water partition coefficient (Wildman–Crippen LogP) is 4.52. The third-order valence-corrected chi connectivity index (χ3v) is 3.89. The summed E-state index contributed by atoms with van der Waals surface area (Å²) in [4.78, 5) is 0. The molecule has 98 valence electrons. The molecule has 1 unspecified atom stereocenters. The van der Waals surface area contributed by atoms with Crippen LogP contribution in [-0.4, -0.2) is 9.78 Å². The second-order valence-electron chi connectivity index (χ2n) is 5.21. The molecule has 1 aromatic heterocycles. The maximum Gasteiger partial charge on any atom is 0.0492 e. The summed E-state index contributed by atoms with van der Waals surface area (Å²) in [7, 11) is 2.06. The van der Waals surface area contributed by atoms with Crippen LogP contribution >= 0.6 is 0 Å². The Labute approximate surface area is 106 Å². The van der Waals surface area contributed by atoms with Crippen molar-refractivity contribution in [1.82, 2.24) is 9.78 Å². The Morgan fingerprint density at radius 1 is 1.18 bits per heavy atom. The van der Waals surface area contributed by atoms with Gasteiger partial charge in [0, 0.05) is 24.9 Å². The molecule has 0 aromatic carbocycles. The van der Waals surface area contributed by atoms with Gasteiger partial charge in [0.25, 0.3) is 0 Å². The zero-order valence-corrected chi connectivity index (χ0v) is 11.9. The van der Waals surface area contributed by atoms with Crippen LogP contribution in [0.5, 0.6) is 0 Å². The average Bonchev–Trinajstić information content (AvgIpc) is 2.75. The standard InChI is InChI=1S/C15H28N2/c1-5-7-9-14(10-8-6-2)13(3)15-11-12-16-17(15)4/h11-14H,5-10H2,1-4H3. The van der Waals surface area contributed by atoms with Gasteiger partial charge < -0.3 is 0 Å². The van der Waals surface area contributed by atoms with Gasteiger partial charge in [-0.1, -0.05) is 46.5 Å². The van der Waals surface area contributed by atoms with Gasteiger partial charge in [-0.15, -0.1) is 0 Å². The number of aromatic nitrogens is 2. The van der Waals surface area contributed by atoms with Crippen molar-refractivity contribution in [3.8, 4) is 0 Å². The highest BCUT2D eigenvalue weighted by Gasteiger charge is 2.20. The summed E-state index contributed by atoms with van der Waals surface area (Å²) in [6, 6.07) is 2.18. The third-order valence-electron chi connectivity index (χ3n) is 3.89. The van der Waals surface area contributed by atoms with Crippen LogP contribution in [0.3, 0.4) is 0 Å². The van der Waals surface area contributed by atoms with Crippen LogP contribution < -0.4 is 0 Å². The number of hydrogen-bond acceptors (Lipinski definition) is 1. The van der Waals surface area contributed by atoms with Crippen molar-refractivity contribution in [2.45, 2.75) is 65.2 Å². The van der Waals surface area contributed by atoms with Crippen molar-refractivity contribution in [3.63, 3.8) is 0 Å². The molecule has 0 saturated heterocycles. The fourth-order valence-corrected chi connectivity index (χ4v) is 2.65. The molecule has 1 atom stereocenters. The topological polar surface area (TPSA) is 17.8 Å². The Hall–Kier alpha value is -0.790. The molecule has 0 fully saturated rings. The van der Waals surface area contributed by atoms with Crippen LogP contribution in [0.4, 0.5) is 0 Å². The smallest absolute Gasteiger partial charge is 0.0492 e. The second kappa shape index (κ2) is 7.52. The highest BCUT2D eigenvalue weighted by atomic mass is 15.3. The van der Waals surface area contributed by atoms with Crippen LogP contribution in [0.15, 0.2) is 12.3 Å². The quantitative estimate of drug-likeness (QED) is 0.649. The molecule has 2 heteroatoms. The normalized spacial score (nSPS) is 13.2. The summed E-state index contributed by atoms with van der Waals surface area (Å²) in [5.74, 6) is 1.46. The van der Waals surface area contributed by atoms with Gasteiger partial charge in [-0.05, 0) is 24.8 Å². The average molecular weight is 236 g/mol. The summed E-state index contributed by atoms with van der Waals surface area (Å²) >= 11 is 0. The first kappa shape index (κ1) is 14.3. The molecule has 0 saturated carbocycles. The first-order chi connectivity index (χ1) is 8.20. The van der Waals surface area contributed by atoms with Gasteiger partial charge in [-0.3, -0.25) is 4.68 Å². The maximum absolute atomic E-state index is 4.30. The van der Waals surface area contributed by atoms with Gasteiger partial charge in [0.1, 0.15) is 0 Å². The molecule has 2 nitrogen and oxygen atoms in total. The Morgan fingerprint density at radius 3 is 2.18 bits per heavy atom. The van der Waals surface area contributed by atoms with Crippen LogP contribution in [-0.2, 0) is 7.05 Å². The van der Waals surface area contributed by atoms with Crippen molar-refractivity contribution >= 4 is 0 Å². The van der Waals surface area contributed by atoms with E-state index >= 15 is 0 Å². The summed E-state index contributed by atoms with van der Waals surface area (Å²) in [5, 5.41) is 4.30. The number of aryl methyl sites for hydroxylation is 1. The Bertz CT molecular complexity index is 296. The summed E-state index contributed by atoms with van der Waals surface area (Å²) in [6.45, 7) is 6.93. The molecule has 0 aliphatic carbocycles. The van der Waals surface area contributed by atoms with Gasteiger partial charge >= 0.3 is 0 Å². The molecule has 17 heavy (non-hydrogen) atoms. The lowest BCUT2D eigenvalue weighted by Crippen LogP contribution is -2.14. The van der Waals surface area contributed by atoms with Gasteiger partial charge in [-0.2, -0.15) is 5.10 Å². The highest BCUT2D eigenvalue weighted by Crippen LogP contribution is 2.31. The van der Waals surface area contributed by atoms with Gasteiger partial charge in [0.15, 0.2) is 0 Å². The summed E-state index contributed by atoms with van der Waals surface area (Å²) in [6.07, 6.45) is 9.98. The highest BCUT2D eigenvalue weighted by molar-refractivity contribution is 5.07. The molecule has 0 amide bonds. The van der Waals surface area contributed by atoms with E-state index in [0.29, 0.717) is 5.92 Å². The van der Waals surface area contributed by atoms with Crippen LogP contribution in [0.25, 0.3) is 0 Å². The van der Waals surface area contributed by atoms with Crippen LogP contribution in [0, 0.1) is 5.92 Å². The van der Waals surface area contributed by atoms with Crippen molar-refractivity contribution in [1.29, 1.82) is 0 Å². The molecule has 1 heterocycles. The first-order valence-electron chi connectivity index (χ1n) is 7.18. The molecule has 1 aromatic rings. The minimum absolute atomic E-state index is 0.639. The lowest BCUT2D eigenvalue weighted by molar-refractivity contribution is 0.353. The molecule has 1 rings (SSSR count). The van der Waals surface area contributed by atoms with Crippen LogP contribution in [0.1, 0.15) is 70.9 Å². The zero-order chi connectivity index (χ0) is 12.7. The number of hydrogen-bond donors (Lipinski definition) is 0. The number of nitrogens with zero attached hydrogens (tertiary/aromatic N) is 2. The minimum atomic E-state index is 0.639. The van der Waals surface area contributed by atoms with Gasteiger partial charge in [0.2, 0.25) is 0 Å². The van der Waals surface area contributed by atoms with Crippen molar-refractivity contribution in [3.05, 3.63) is 18.0 Å². The third kappa shape index (κ3) is 4.18. The molecule has 0 radical (unpaired) electrons. The molecular formula is C15H28N2. The molecule has 0 bridgehead atoms. The molecular weight excluding hydrogens is 208 g/mol. The van der Waals surface area contributed by atoms with E-state index in [9.17, 15) is 0 Å². The van der Waals surface area contributed by atoms with E-state index in [1.807, 2.05) is 10.9 Å². The predicted molar refractivity (Wildman–Crippen MR) is 74.2 cm³/mol. The first-order valence-corrected chi connectivity index (χ1v) is 7.18. The Balaban J connectivity index is 2.64. The molecule has 0 N–H and O–H groups in total. The maximum atomic E-state index is 4.30. The Morgan fingerprint density at radius 2 is 1.76 bits per heavy atom.